The van der Waals surface area contributed by atoms with Crippen LogP contribution in [0.25, 0.3) is 0 Å². The fourth-order valence-electron chi connectivity index (χ4n) is 2.33. The van der Waals surface area contributed by atoms with Gasteiger partial charge in [0.1, 0.15) is 6.10 Å². The zero-order chi connectivity index (χ0) is 10.8. The predicted octanol–water partition coefficient (Wildman–Crippen LogP) is 2.67. The summed E-state index contributed by atoms with van der Waals surface area (Å²) in [5.74, 6) is 0.144. The van der Waals surface area contributed by atoms with Crippen LogP contribution in [0.15, 0.2) is 24.3 Å². The maximum Gasteiger partial charge on any atom is 0.302 e. The third kappa shape index (κ3) is 2.04. The molecule has 2 heteroatoms. The summed E-state index contributed by atoms with van der Waals surface area (Å²) in [6, 6.07) is 8.41. The highest BCUT2D eigenvalue weighted by molar-refractivity contribution is 5.66. The Morgan fingerprint density at radius 2 is 2.13 bits per heavy atom. The lowest BCUT2D eigenvalue weighted by atomic mass is 9.82. The SMILES string of the molecule is CC(=O)OC1CCc2ccccc2C1C. The highest BCUT2D eigenvalue weighted by Gasteiger charge is 2.27. The molecule has 0 saturated heterocycles. The van der Waals surface area contributed by atoms with Crippen molar-refractivity contribution in [1.29, 1.82) is 0 Å². The van der Waals surface area contributed by atoms with Gasteiger partial charge in [0.2, 0.25) is 0 Å². The molecular weight excluding hydrogens is 188 g/mol. The summed E-state index contributed by atoms with van der Waals surface area (Å²) in [4.78, 5) is 10.9. The second-order valence-corrected chi connectivity index (χ2v) is 4.17. The Morgan fingerprint density at radius 3 is 2.87 bits per heavy atom. The smallest absolute Gasteiger partial charge is 0.302 e. The number of ether oxygens (including phenoxy) is 1. The summed E-state index contributed by atoms with van der Waals surface area (Å²) in [5.41, 5.74) is 2.73. The monoisotopic (exact) mass is 204 g/mol. The Bertz CT molecular complexity index is 371. The first-order valence-electron chi connectivity index (χ1n) is 5.43. The second-order valence-electron chi connectivity index (χ2n) is 4.17. The molecule has 1 aromatic carbocycles. The fraction of sp³-hybridized carbons (Fsp3) is 0.462. The van der Waals surface area contributed by atoms with Crippen molar-refractivity contribution in [1.82, 2.24) is 0 Å². The number of carbonyl (C=O) groups excluding carboxylic acids is 1. The fourth-order valence-corrected chi connectivity index (χ4v) is 2.33. The molecule has 0 aliphatic heterocycles. The summed E-state index contributed by atoms with van der Waals surface area (Å²) >= 11 is 0. The van der Waals surface area contributed by atoms with Crippen LogP contribution < -0.4 is 0 Å². The van der Waals surface area contributed by atoms with Gasteiger partial charge in [0.15, 0.2) is 0 Å². The van der Waals surface area contributed by atoms with Crippen LogP contribution in [0.5, 0.6) is 0 Å². The Morgan fingerprint density at radius 1 is 1.40 bits per heavy atom. The van der Waals surface area contributed by atoms with E-state index in [-0.39, 0.29) is 12.1 Å². The van der Waals surface area contributed by atoms with E-state index in [0.717, 1.165) is 12.8 Å². The zero-order valence-electron chi connectivity index (χ0n) is 9.19. The lowest BCUT2D eigenvalue weighted by Crippen LogP contribution is -2.27. The molecule has 1 aliphatic rings. The molecule has 0 radical (unpaired) electrons. The minimum atomic E-state index is -0.175. The van der Waals surface area contributed by atoms with Crippen LogP contribution in [0.2, 0.25) is 0 Å². The van der Waals surface area contributed by atoms with Crippen molar-refractivity contribution < 1.29 is 9.53 Å². The van der Waals surface area contributed by atoms with Crippen LogP contribution in [0, 0.1) is 0 Å². The van der Waals surface area contributed by atoms with Gasteiger partial charge in [0.05, 0.1) is 0 Å². The van der Waals surface area contributed by atoms with Gasteiger partial charge in [-0.1, -0.05) is 31.2 Å². The van der Waals surface area contributed by atoms with E-state index in [0.29, 0.717) is 5.92 Å². The molecule has 80 valence electrons. The summed E-state index contributed by atoms with van der Waals surface area (Å²) < 4.78 is 5.32. The molecule has 0 bridgehead atoms. The van der Waals surface area contributed by atoms with Crippen molar-refractivity contribution in [3.8, 4) is 0 Å². The van der Waals surface area contributed by atoms with Crippen LogP contribution in [0.4, 0.5) is 0 Å². The number of benzene rings is 1. The van der Waals surface area contributed by atoms with Gasteiger partial charge in [-0.3, -0.25) is 4.79 Å². The number of aryl methyl sites for hydroxylation is 1. The molecule has 0 saturated carbocycles. The Balaban J connectivity index is 2.22. The Labute approximate surface area is 90.3 Å². The molecule has 0 fully saturated rings. The Kier molecular flexibility index (Phi) is 2.76. The average Bonchev–Trinajstić information content (AvgIpc) is 2.22. The minimum absolute atomic E-state index is 0.0531. The van der Waals surface area contributed by atoms with E-state index in [2.05, 4.69) is 25.1 Å². The first-order valence-corrected chi connectivity index (χ1v) is 5.43. The lowest BCUT2D eigenvalue weighted by Gasteiger charge is -2.30. The van der Waals surface area contributed by atoms with Crippen LogP contribution >= 0.6 is 0 Å². The van der Waals surface area contributed by atoms with Crippen LogP contribution in [0.1, 0.15) is 37.3 Å². The topological polar surface area (TPSA) is 26.3 Å². The molecule has 0 aromatic heterocycles. The molecule has 2 unspecified atom stereocenters. The third-order valence-electron chi connectivity index (χ3n) is 3.12. The van der Waals surface area contributed by atoms with Gasteiger partial charge in [-0.15, -0.1) is 0 Å². The van der Waals surface area contributed by atoms with E-state index < -0.39 is 0 Å². The second kappa shape index (κ2) is 4.05. The molecule has 0 spiro atoms. The van der Waals surface area contributed by atoms with Crippen molar-refractivity contribution in [2.24, 2.45) is 0 Å². The molecule has 0 amide bonds. The first kappa shape index (κ1) is 10.2. The van der Waals surface area contributed by atoms with Gasteiger partial charge in [-0.05, 0) is 24.0 Å². The van der Waals surface area contributed by atoms with Crippen molar-refractivity contribution in [3.63, 3.8) is 0 Å². The van der Waals surface area contributed by atoms with E-state index in [1.165, 1.54) is 18.1 Å². The summed E-state index contributed by atoms with van der Waals surface area (Å²) in [5, 5.41) is 0. The zero-order valence-corrected chi connectivity index (χ0v) is 9.19. The van der Waals surface area contributed by atoms with Crippen LogP contribution in [-0.4, -0.2) is 12.1 Å². The molecule has 2 atom stereocenters. The average molecular weight is 204 g/mol. The van der Waals surface area contributed by atoms with Crippen LogP contribution in [-0.2, 0) is 16.0 Å². The van der Waals surface area contributed by atoms with Gasteiger partial charge >= 0.3 is 5.97 Å². The predicted molar refractivity (Wildman–Crippen MR) is 58.7 cm³/mol. The van der Waals surface area contributed by atoms with Crippen LogP contribution in [0.3, 0.4) is 0 Å². The quantitative estimate of drug-likeness (QED) is 0.657. The molecule has 2 rings (SSSR count). The van der Waals surface area contributed by atoms with Gasteiger partial charge in [-0.25, -0.2) is 0 Å². The molecule has 1 aromatic rings. The first-order chi connectivity index (χ1) is 7.18. The molecule has 0 N–H and O–H groups in total. The van der Waals surface area contributed by atoms with Gasteiger partial charge < -0.3 is 4.74 Å². The molecular formula is C13H16O2. The number of rotatable bonds is 1. The normalized spacial score (nSPS) is 24.4. The van der Waals surface area contributed by atoms with Crippen molar-refractivity contribution >= 4 is 5.97 Å². The molecule has 1 aliphatic carbocycles. The third-order valence-corrected chi connectivity index (χ3v) is 3.12. The van der Waals surface area contributed by atoms with Gasteiger partial charge in [0, 0.05) is 12.8 Å². The molecule has 2 nitrogen and oxygen atoms in total. The maximum absolute atomic E-state index is 10.9. The minimum Gasteiger partial charge on any atom is -0.462 e. The largest absolute Gasteiger partial charge is 0.462 e. The number of fused-ring (bicyclic) bond motifs is 1. The van der Waals surface area contributed by atoms with Crippen molar-refractivity contribution in [2.75, 3.05) is 0 Å². The highest BCUT2D eigenvalue weighted by atomic mass is 16.5. The molecule has 0 heterocycles. The maximum atomic E-state index is 10.9. The van der Waals surface area contributed by atoms with Crippen molar-refractivity contribution in [2.45, 2.75) is 38.7 Å². The van der Waals surface area contributed by atoms with E-state index in [1.807, 2.05) is 6.07 Å². The lowest BCUT2D eigenvalue weighted by molar-refractivity contribution is -0.147. The van der Waals surface area contributed by atoms with E-state index in [1.54, 1.807) is 0 Å². The summed E-state index contributed by atoms with van der Waals surface area (Å²) in [6.45, 7) is 3.61. The van der Waals surface area contributed by atoms with Gasteiger partial charge in [-0.2, -0.15) is 0 Å². The number of hydrogen-bond acceptors (Lipinski definition) is 2. The highest BCUT2D eigenvalue weighted by Crippen LogP contribution is 2.33. The van der Waals surface area contributed by atoms with E-state index >= 15 is 0 Å². The van der Waals surface area contributed by atoms with E-state index in [4.69, 9.17) is 4.74 Å². The molecule has 15 heavy (non-hydrogen) atoms. The number of esters is 1. The van der Waals surface area contributed by atoms with Gasteiger partial charge in [0.25, 0.3) is 0 Å². The van der Waals surface area contributed by atoms with E-state index in [9.17, 15) is 4.79 Å². The number of carbonyl (C=O) groups is 1. The number of hydrogen-bond donors (Lipinski definition) is 0. The summed E-state index contributed by atoms with van der Waals surface area (Å²) in [7, 11) is 0. The summed E-state index contributed by atoms with van der Waals surface area (Å²) in [6.07, 6.45) is 2.01. The standard InChI is InChI=1S/C13H16O2/c1-9-12-6-4-3-5-11(12)7-8-13(9)15-10(2)14/h3-6,9,13H,7-8H2,1-2H3. The van der Waals surface area contributed by atoms with Crippen molar-refractivity contribution in [3.05, 3.63) is 35.4 Å². The Hall–Kier alpha value is -1.31.